The van der Waals surface area contributed by atoms with Crippen LogP contribution in [0.2, 0.25) is 0 Å². The third-order valence-electron chi connectivity index (χ3n) is 7.16. The predicted molar refractivity (Wildman–Crippen MR) is 141 cm³/mol. The molecule has 17 heteroatoms. The summed E-state index contributed by atoms with van der Waals surface area (Å²) in [6.07, 6.45) is -9.01. The molecule has 2 aliphatic heterocycles. The first kappa shape index (κ1) is 29.4. The normalized spacial score (nSPS) is 19.7. The summed E-state index contributed by atoms with van der Waals surface area (Å²) < 4.78 is 100. The monoisotopic (exact) mass is 640 g/mol. The summed E-state index contributed by atoms with van der Waals surface area (Å²) >= 11 is 0.851. The molecule has 10 nitrogen and oxygen atoms in total. The van der Waals surface area contributed by atoms with Gasteiger partial charge in [-0.05, 0) is 43.3 Å². The Kier molecular flexibility index (Phi) is 6.48. The highest BCUT2D eigenvalue weighted by Crippen LogP contribution is 2.49. The first-order valence-electron chi connectivity index (χ1n) is 12.5. The second-order valence-electron chi connectivity index (χ2n) is 10.3. The van der Waals surface area contributed by atoms with E-state index in [1.807, 2.05) is 5.32 Å². The first-order chi connectivity index (χ1) is 20.5. The molecule has 6 rings (SSSR count). The van der Waals surface area contributed by atoms with E-state index < -0.39 is 53.2 Å². The largest absolute Gasteiger partial charge is 0.586 e. The smallest absolute Gasteiger partial charge is 0.490 e. The minimum Gasteiger partial charge on any atom is -0.490 e. The fourth-order valence-electron chi connectivity index (χ4n) is 4.79. The zero-order valence-corrected chi connectivity index (χ0v) is 22.9. The summed E-state index contributed by atoms with van der Waals surface area (Å²) in [6, 6.07) is 6.05. The van der Waals surface area contributed by atoms with E-state index in [4.69, 9.17) is 10.5 Å². The predicted octanol–water partition coefficient (Wildman–Crippen LogP) is 4.43. The van der Waals surface area contributed by atoms with Gasteiger partial charge < -0.3 is 35.2 Å². The molecule has 0 saturated carbocycles. The molecule has 1 unspecified atom stereocenters. The molecule has 0 radical (unpaired) electrons. The zero-order valence-electron chi connectivity index (χ0n) is 22.1. The number of nitrogens with zero attached hydrogens (tertiary/aromatic N) is 2. The molecule has 0 fully saturated rings. The van der Waals surface area contributed by atoms with E-state index in [0.29, 0.717) is 6.29 Å². The lowest BCUT2D eigenvalue weighted by Crippen LogP contribution is -2.51. The molecule has 2 atom stereocenters. The maximum absolute atomic E-state index is 14.6. The Morgan fingerprint density at radius 3 is 2.59 bits per heavy atom. The highest BCUT2D eigenvalue weighted by molar-refractivity contribution is 7.22. The summed E-state index contributed by atoms with van der Waals surface area (Å²) in [5.74, 6) is -3.04. The van der Waals surface area contributed by atoms with E-state index >= 15 is 0 Å². The van der Waals surface area contributed by atoms with Crippen LogP contribution in [-0.4, -0.2) is 52.9 Å². The van der Waals surface area contributed by atoms with Crippen LogP contribution in [0.1, 0.15) is 28.5 Å². The number of benzene rings is 2. The minimum absolute atomic E-state index is 0.00358. The number of halogens is 6. The fraction of sp³-hybridized carbons (Fsp3) is 0.259. The third-order valence-corrected chi connectivity index (χ3v) is 8.00. The second kappa shape index (κ2) is 9.68. The Hall–Kier alpha value is -4.64. The van der Waals surface area contributed by atoms with E-state index in [0.717, 1.165) is 35.6 Å². The average Bonchev–Trinajstić information content (AvgIpc) is 3.61. The minimum atomic E-state index is -5.46. The molecule has 4 heterocycles. The van der Waals surface area contributed by atoms with Crippen molar-refractivity contribution in [1.29, 1.82) is 0 Å². The van der Waals surface area contributed by atoms with E-state index in [1.165, 1.54) is 19.1 Å². The van der Waals surface area contributed by atoms with Crippen LogP contribution in [0.15, 0.2) is 36.4 Å². The maximum atomic E-state index is 14.6. The Morgan fingerprint density at radius 2 is 1.89 bits per heavy atom. The van der Waals surface area contributed by atoms with Crippen LogP contribution in [-0.2, 0) is 15.8 Å². The number of aliphatic hydroxyl groups is 1. The number of carbonyl (C=O) groups excluding carboxylic acids is 2. The SMILES string of the molecule is C[C@]1(C=O)COc2c1cc(C(O)(CNC(=O)c1cc(F)c3nc(N)sc3c1)C(F)(F)F)nc2-c1ccc2c(c1)OC(F)(F)O2. The number of hydrogen-bond donors (Lipinski definition) is 3. The van der Waals surface area contributed by atoms with Gasteiger partial charge in [-0.2, -0.15) is 13.2 Å². The number of pyridine rings is 1. The molecule has 2 aromatic carbocycles. The van der Waals surface area contributed by atoms with Crippen molar-refractivity contribution in [2.24, 2.45) is 0 Å². The highest BCUT2D eigenvalue weighted by atomic mass is 32.1. The van der Waals surface area contributed by atoms with Crippen molar-refractivity contribution in [3.05, 3.63) is 59.0 Å². The molecule has 0 aliphatic carbocycles. The molecule has 4 N–H and O–H groups in total. The number of anilines is 1. The van der Waals surface area contributed by atoms with Crippen LogP contribution < -0.4 is 25.3 Å². The highest BCUT2D eigenvalue weighted by Gasteiger charge is 2.57. The Morgan fingerprint density at radius 1 is 1.16 bits per heavy atom. The van der Waals surface area contributed by atoms with Gasteiger partial charge in [0.1, 0.15) is 29.9 Å². The van der Waals surface area contributed by atoms with Crippen LogP contribution in [0.5, 0.6) is 17.2 Å². The third kappa shape index (κ3) is 4.71. The molecule has 2 aliphatic rings. The number of thiazole rings is 1. The Labute approximate surface area is 246 Å². The number of nitrogens with one attached hydrogen (secondary N) is 1. The molecular formula is C27H18F6N4O6S. The summed E-state index contributed by atoms with van der Waals surface area (Å²) in [5, 5.41) is 13.1. The second-order valence-corrected chi connectivity index (χ2v) is 11.3. The lowest BCUT2D eigenvalue weighted by Gasteiger charge is -2.31. The standard InChI is InChI=1S/C27H18F6N4O6S/c1-24(9-38)10-41-21-13(24)7-18(36-19(21)11-2-3-15-16(5-11)43-27(32,33)42-15)25(40,26(29,30)31)8-35-22(39)12-4-14(28)20-17(6-12)44-23(34)37-20/h2-7,9,40H,8,10H2,1H3,(H2,34,37)(H,35,39)/t24-,25?/m0/s1. The Bertz CT molecular complexity index is 1870. The fourth-order valence-corrected chi connectivity index (χ4v) is 5.58. The molecule has 0 saturated heterocycles. The van der Waals surface area contributed by atoms with Crippen LogP contribution >= 0.6 is 11.3 Å². The van der Waals surface area contributed by atoms with Crippen molar-refractivity contribution in [2.75, 3.05) is 18.9 Å². The number of rotatable bonds is 6. The number of amides is 1. The quantitative estimate of drug-likeness (QED) is 0.206. The molecule has 44 heavy (non-hydrogen) atoms. The summed E-state index contributed by atoms with van der Waals surface area (Å²) in [6.45, 7) is -0.411. The van der Waals surface area contributed by atoms with Gasteiger partial charge in [-0.1, -0.05) is 11.3 Å². The molecule has 0 spiro atoms. The number of ether oxygens (including phenoxy) is 3. The van der Waals surface area contributed by atoms with E-state index in [1.54, 1.807) is 0 Å². The van der Waals surface area contributed by atoms with Gasteiger partial charge in [-0.3, -0.25) is 4.79 Å². The lowest BCUT2D eigenvalue weighted by atomic mass is 9.83. The molecule has 1 amide bonds. The van der Waals surface area contributed by atoms with Gasteiger partial charge in [0.25, 0.3) is 5.91 Å². The van der Waals surface area contributed by atoms with Crippen molar-refractivity contribution in [2.45, 2.75) is 30.4 Å². The number of aromatic nitrogens is 2. The van der Waals surface area contributed by atoms with Gasteiger partial charge in [0.05, 0.1) is 22.4 Å². The van der Waals surface area contributed by atoms with E-state index in [9.17, 15) is 41.0 Å². The molecular weight excluding hydrogens is 622 g/mol. The van der Waals surface area contributed by atoms with Crippen molar-refractivity contribution in [3.8, 4) is 28.5 Å². The molecule has 230 valence electrons. The van der Waals surface area contributed by atoms with Gasteiger partial charge in [-0.15, -0.1) is 8.78 Å². The summed E-state index contributed by atoms with van der Waals surface area (Å²) in [4.78, 5) is 32.7. The number of carbonyl (C=O) groups is 2. The van der Waals surface area contributed by atoms with Crippen molar-refractivity contribution in [1.82, 2.24) is 15.3 Å². The topological polar surface area (TPSA) is 146 Å². The number of hydrogen-bond acceptors (Lipinski definition) is 10. The van der Waals surface area contributed by atoms with Crippen molar-refractivity contribution < 1.29 is 55.2 Å². The maximum Gasteiger partial charge on any atom is 0.586 e. The van der Waals surface area contributed by atoms with Crippen LogP contribution in [0.4, 0.5) is 31.5 Å². The molecule has 4 aromatic rings. The number of nitrogens with two attached hydrogens (primary N) is 1. The number of alkyl halides is 5. The van der Waals surface area contributed by atoms with Crippen LogP contribution in [0.25, 0.3) is 21.5 Å². The zero-order chi connectivity index (χ0) is 31.8. The number of fused-ring (bicyclic) bond motifs is 3. The Balaban J connectivity index is 1.42. The lowest BCUT2D eigenvalue weighted by molar-refractivity contribution is -0.286. The number of nitrogen functional groups attached to an aromatic ring is 1. The summed E-state index contributed by atoms with van der Waals surface area (Å²) in [5.41, 5.74) is -1.80. The van der Waals surface area contributed by atoms with Gasteiger partial charge in [0.2, 0.25) is 5.60 Å². The van der Waals surface area contributed by atoms with Crippen molar-refractivity contribution in [3.63, 3.8) is 0 Å². The van der Waals surface area contributed by atoms with Crippen molar-refractivity contribution >= 4 is 38.9 Å². The molecule has 0 bridgehead atoms. The van der Waals surface area contributed by atoms with E-state index in [2.05, 4.69) is 19.4 Å². The average molecular weight is 641 g/mol. The van der Waals surface area contributed by atoms with Crippen LogP contribution in [0.3, 0.4) is 0 Å². The van der Waals surface area contributed by atoms with Gasteiger partial charge in [0.15, 0.2) is 22.4 Å². The molecule has 2 aromatic heterocycles. The van der Waals surface area contributed by atoms with Gasteiger partial charge >= 0.3 is 12.5 Å². The van der Waals surface area contributed by atoms with Crippen LogP contribution in [0, 0.1) is 5.82 Å². The summed E-state index contributed by atoms with van der Waals surface area (Å²) in [7, 11) is 0. The van der Waals surface area contributed by atoms with Gasteiger partial charge in [-0.25, -0.2) is 14.4 Å². The first-order valence-corrected chi connectivity index (χ1v) is 13.3. The number of aldehydes is 1. The van der Waals surface area contributed by atoms with E-state index in [-0.39, 0.29) is 55.8 Å². The van der Waals surface area contributed by atoms with Gasteiger partial charge in [0, 0.05) is 16.7 Å².